The van der Waals surface area contributed by atoms with E-state index in [9.17, 15) is 4.79 Å². The van der Waals surface area contributed by atoms with E-state index in [2.05, 4.69) is 24.1 Å². The van der Waals surface area contributed by atoms with Crippen LogP contribution in [0.4, 0.5) is 5.69 Å². The van der Waals surface area contributed by atoms with Gasteiger partial charge in [0.15, 0.2) is 6.61 Å². The van der Waals surface area contributed by atoms with Gasteiger partial charge in [0.25, 0.3) is 5.91 Å². The Hall–Kier alpha value is -2.64. The van der Waals surface area contributed by atoms with Gasteiger partial charge >= 0.3 is 0 Å². The van der Waals surface area contributed by atoms with E-state index in [1.807, 2.05) is 36.4 Å². The van der Waals surface area contributed by atoms with Crippen LogP contribution < -0.4 is 14.8 Å². The van der Waals surface area contributed by atoms with E-state index in [-0.39, 0.29) is 24.7 Å². The lowest BCUT2D eigenvalue weighted by atomic mass is 10.1. The lowest BCUT2D eigenvalue weighted by molar-refractivity contribution is -0.118. The van der Waals surface area contributed by atoms with E-state index >= 15 is 0 Å². The minimum Gasteiger partial charge on any atom is -0.497 e. The van der Waals surface area contributed by atoms with E-state index in [0.717, 1.165) is 23.6 Å². The summed E-state index contributed by atoms with van der Waals surface area (Å²) in [5.74, 6) is 1.05. The van der Waals surface area contributed by atoms with Crippen molar-refractivity contribution in [2.45, 2.75) is 26.1 Å². The highest BCUT2D eigenvalue weighted by atomic mass is 32.1. The summed E-state index contributed by atoms with van der Waals surface area (Å²) < 4.78 is 16.5. The Labute approximate surface area is 176 Å². The highest BCUT2D eigenvalue weighted by molar-refractivity contribution is 7.80. The van der Waals surface area contributed by atoms with Gasteiger partial charge in [-0.15, -0.1) is 0 Å². The summed E-state index contributed by atoms with van der Waals surface area (Å²) in [6.45, 7) is 5.59. The van der Waals surface area contributed by atoms with Crippen LogP contribution in [0.2, 0.25) is 0 Å². The fourth-order valence-electron chi connectivity index (χ4n) is 3.27. The third kappa shape index (κ3) is 5.92. The number of nitrogens with one attached hydrogen (secondary N) is 1. The number of thiocarbonyl (C=S) groups is 1. The molecule has 6 nitrogen and oxygen atoms in total. The second-order valence-corrected chi connectivity index (χ2v) is 7.45. The molecule has 0 bridgehead atoms. The van der Waals surface area contributed by atoms with Crippen molar-refractivity contribution in [1.82, 2.24) is 4.90 Å². The lowest BCUT2D eigenvalue weighted by Gasteiger charge is -2.37. The largest absolute Gasteiger partial charge is 0.497 e. The lowest BCUT2D eigenvalue weighted by Crippen LogP contribution is -2.47. The molecule has 1 saturated heterocycles. The third-order valence-electron chi connectivity index (χ3n) is 4.53. The van der Waals surface area contributed by atoms with E-state index in [4.69, 9.17) is 26.4 Å². The summed E-state index contributed by atoms with van der Waals surface area (Å²) in [6, 6.07) is 14.7. The number of hydrogen-bond acceptors (Lipinski definition) is 5. The van der Waals surface area contributed by atoms with Crippen LogP contribution in [0.3, 0.4) is 0 Å². The van der Waals surface area contributed by atoms with Gasteiger partial charge in [-0.1, -0.05) is 18.3 Å². The number of ether oxygens (including phenoxy) is 3. The van der Waals surface area contributed by atoms with Crippen molar-refractivity contribution in [3.8, 4) is 11.5 Å². The van der Waals surface area contributed by atoms with Crippen LogP contribution in [0.25, 0.3) is 0 Å². The molecule has 7 heteroatoms. The minimum atomic E-state index is -0.242. The third-order valence-corrected chi connectivity index (χ3v) is 5.03. The van der Waals surface area contributed by atoms with Gasteiger partial charge in [0.05, 0.1) is 19.3 Å². The van der Waals surface area contributed by atoms with Crippen LogP contribution in [0.1, 0.15) is 19.4 Å². The number of carbonyl (C=O) groups is 1. The molecule has 2 aromatic carbocycles. The maximum absolute atomic E-state index is 12.1. The number of morpholine rings is 1. The standard InChI is InChI=1S/C22H26N2O4S/c1-15-12-24(13-16(2)28-15)22(29)17-7-9-19(10-8-17)27-14-21(25)23-18-5-4-6-20(11-18)26-3/h4-11,15-16H,12-14H2,1-3H3,(H,23,25)/t15-,16+. The Morgan fingerprint density at radius 1 is 1.14 bits per heavy atom. The Morgan fingerprint density at radius 2 is 1.83 bits per heavy atom. The fourth-order valence-corrected chi connectivity index (χ4v) is 3.55. The zero-order valence-corrected chi connectivity index (χ0v) is 17.7. The molecule has 1 aliphatic rings. The molecule has 0 spiro atoms. The maximum Gasteiger partial charge on any atom is 0.262 e. The molecule has 0 unspecified atom stereocenters. The van der Waals surface area contributed by atoms with Crippen LogP contribution in [-0.4, -0.2) is 54.8 Å². The first-order valence-corrected chi connectivity index (χ1v) is 9.97. The number of anilines is 1. The number of methoxy groups -OCH3 is 1. The maximum atomic E-state index is 12.1. The summed E-state index contributed by atoms with van der Waals surface area (Å²) in [5.41, 5.74) is 1.61. The Morgan fingerprint density at radius 3 is 2.48 bits per heavy atom. The van der Waals surface area contributed by atoms with Gasteiger partial charge in [-0.2, -0.15) is 0 Å². The summed E-state index contributed by atoms with van der Waals surface area (Å²) in [7, 11) is 1.58. The first-order valence-electron chi connectivity index (χ1n) is 9.56. The van der Waals surface area contributed by atoms with Crippen molar-refractivity contribution in [2.75, 3.05) is 32.1 Å². The zero-order valence-electron chi connectivity index (χ0n) is 16.9. The average Bonchev–Trinajstić information content (AvgIpc) is 2.71. The summed E-state index contributed by atoms with van der Waals surface area (Å²) in [5, 5.41) is 2.78. The van der Waals surface area contributed by atoms with Gasteiger partial charge in [0, 0.05) is 30.4 Å². The quantitative estimate of drug-likeness (QED) is 0.730. The second-order valence-electron chi connectivity index (χ2n) is 7.06. The first kappa shape index (κ1) is 21.1. The van der Waals surface area contributed by atoms with Crippen LogP contribution in [0.15, 0.2) is 48.5 Å². The number of benzene rings is 2. The molecular formula is C22H26N2O4S. The smallest absolute Gasteiger partial charge is 0.262 e. The second kappa shape index (κ2) is 9.71. The van der Waals surface area contributed by atoms with Gasteiger partial charge in [0.2, 0.25) is 0 Å². The molecule has 2 aromatic rings. The summed E-state index contributed by atoms with van der Waals surface area (Å²) in [6.07, 6.45) is 0.310. The van der Waals surface area contributed by atoms with Crippen molar-refractivity contribution in [3.05, 3.63) is 54.1 Å². The van der Waals surface area contributed by atoms with Gasteiger partial charge in [-0.3, -0.25) is 4.79 Å². The van der Waals surface area contributed by atoms with Crippen molar-refractivity contribution in [1.29, 1.82) is 0 Å². The molecule has 1 amide bonds. The number of hydrogen-bond donors (Lipinski definition) is 1. The van der Waals surface area contributed by atoms with E-state index in [0.29, 0.717) is 17.2 Å². The number of nitrogens with zero attached hydrogens (tertiary/aromatic N) is 1. The Bertz CT molecular complexity index is 846. The van der Waals surface area contributed by atoms with Crippen LogP contribution >= 0.6 is 12.2 Å². The molecule has 1 fully saturated rings. The van der Waals surface area contributed by atoms with Crippen molar-refractivity contribution < 1.29 is 19.0 Å². The summed E-state index contributed by atoms with van der Waals surface area (Å²) >= 11 is 5.64. The van der Waals surface area contributed by atoms with Crippen molar-refractivity contribution >= 4 is 28.8 Å². The molecule has 0 saturated carbocycles. The minimum absolute atomic E-state index is 0.0838. The molecule has 154 valence electrons. The first-order chi connectivity index (χ1) is 13.9. The predicted octanol–water partition coefficient (Wildman–Crippen LogP) is 3.50. The normalized spacial score (nSPS) is 18.8. The van der Waals surface area contributed by atoms with E-state index < -0.39 is 0 Å². The van der Waals surface area contributed by atoms with Gasteiger partial charge in [-0.25, -0.2) is 0 Å². The fraction of sp³-hybridized carbons (Fsp3) is 0.364. The molecule has 1 heterocycles. The molecule has 0 aliphatic carbocycles. The predicted molar refractivity (Wildman–Crippen MR) is 117 cm³/mol. The highest BCUT2D eigenvalue weighted by Crippen LogP contribution is 2.19. The Balaban J connectivity index is 1.52. The summed E-state index contributed by atoms with van der Waals surface area (Å²) in [4.78, 5) is 15.1. The topological polar surface area (TPSA) is 60.0 Å². The van der Waals surface area contributed by atoms with Crippen LogP contribution in [0.5, 0.6) is 11.5 Å². The molecular weight excluding hydrogens is 388 g/mol. The van der Waals surface area contributed by atoms with Gasteiger partial charge in [-0.05, 0) is 50.2 Å². The molecule has 1 N–H and O–H groups in total. The molecule has 1 aliphatic heterocycles. The van der Waals surface area contributed by atoms with Crippen LogP contribution in [0, 0.1) is 0 Å². The highest BCUT2D eigenvalue weighted by Gasteiger charge is 2.24. The molecule has 29 heavy (non-hydrogen) atoms. The monoisotopic (exact) mass is 414 g/mol. The average molecular weight is 415 g/mol. The van der Waals surface area contributed by atoms with Gasteiger partial charge in [0.1, 0.15) is 16.5 Å². The SMILES string of the molecule is COc1cccc(NC(=O)COc2ccc(C(=S)N3C[C@@H](C)O[C@@H](C)C3)cc2)c1. The zero-order chi connectivity index (χ0) is 20.8. The Kier molecular flexibility index (Phi) is 7.06. The van der Waals surface area contributed by atoms with E-state index in [1.54, 1.807) is 19.2 Å². The number of rotatable bonds is 6. The van der Waals surface area contributed by atoms with Crippen molar-refractivity contribution in [3.63, 3.8) is 0 Å². The number of amides is 1. The molecule has 3 rings (SSSR count). The van der Waals surface area contributed by atoms with Gasteiger partial charge < -0.3 is 24.4 Å². The molecule has 0 radical (unpaired) electrons. The van der Waals surface area contributed by atoms with Crippen LogP contribution in [-0.2, 0) is 9.53 Å². The molecule has 2 atom stereocenters. The van der Waals surface area contributed by atoms with Crippen molar-refractivity contribution in [2.24, 2.45) is 0 Å². The molecule has 0 aromatic heterocycles. The van der Waals surface area contributed by atoms with E-state index in [1.165, 1.54) is 0 Å². The number of carbonyl (C=O) groups excluding carboxylic acids is 1.